The standard InChI is InChI=1S/C23H27N7O/c1-23(7-8-23)31-17-3-4-19(24)18(13-17)22(25)20-14-21(27-15-26-20)29-11-5-16(6-12-29)30-10-2-9-28-30/h2-4,9-10,13-16,25H,5-8,11-12,24H2,1H3. The van der Waals surface area contributed by atoms with Gasteiger partial charge < -0.3 is 15.4 Å². The molecule has 3 aromatic rings. The van der Waals surface area contributed by atoms with Crippen molar-refractivity contribution in [1.82, 2.24) is 19.7 Å². The summed E-state index contributed by atoms with van der Waals surface area (Å²) in [5, 5.41) is 13.1. The van der Waals surface area contributed by atoms with E-state index in [1.807, 2.05) is 41.3 Å². The van der Waals surface area contributed by atoms with Gasteiger partial charge in [0, 0.05) is 42.8 Å². The zero-order valence-corrected chi connectivity index (χ0v) is 17.7. The van der Waals surface area contributed by atoms with E-state index in [4.69, 9.17) is 15.9 Å². The van der Waals surface area contributed by atoms with Crippen LogP contribution in [0.1, 0.15) is 49.9 Å². The molecular formula is C23H27N7O. The van der Waals surface area contributed by atoms with Crippen molar-refractivity contribution in [2.45, 2.75) is 44.2 Å². The Morgan fingerprint density at radius 2 is 2.00 bits per heavy atom. The van der Waals surface area contributed by atoms with Gasteiger partial charge in [0.25, 0.3) is 0 Å². The van der Waals surface area contributed by atoms with Gasteiger partial charge in [0.2, 0.25) is 0 Å². The van der Waals surface area contributed by atoms with E-state index in [-0.39, 0.29) is 11.3 Å². The van der Waals surface area contributed by atoms with Crippen LogP contribution in [0.15, 0.2) is 49.1 Å². The Labute approximate surface area is 181 Å². The molecular weight excluding hydrogens is 390 g/mol. The van der Waals surface area contributed by atoms with Gasteiger partial charge in [-0.05, 0) is 56.9 Å². The van der Waals surface area contributed by atoms with Gasteiger partial charge in [-0.25, -0.2) is 9.97 Å². The molecule has 0 amide bonds. The Kier molecular flexibility index (Phi) is 4.84. The molecule has 1 saturated carbocycles. The van der Waals surface area contributed by atoms with E-state index in [1.54, 1.807) is 6.07 Å². The second-order valence-corrected chi connectivity index (χ2v) is 8.64. The summed E-state index contributed by atoms with van der Waals surface area (Å²) < 4.78 is 8.09. The normalized spacial score (nSPS) is 18.0. The molecule has 160 valence electrons. The molecule has 1 saturated heterocycles. The monoisotopic (exact) mass is 417 g/mol. The van der Waals surface area contributed by atoms with Gasteiger partial charge in [-0.2, -0.15) is 5.10 Å². The maximum absolute atomic E-state index is 8.74. The Morgan fingerprint density at radius 1 is 1.19 bits per heavy atom. The maximum Gasteiger partial charge on any atom is 0.132 e. The fourth-order valence-electron chi connectivity index (χ4n) is 4.03. The lowest BCUT2D eigenvalue weighted by Crippen LogP contribution is -2.35. The fourth-order valence-corrected chi connectivity index (χ4v) is 4.03. The predicted molar refractivity (Wildman–Crippen MR) is 120 cm³/mol. The van der Waals surface area contributed by atoms with Crippen LogP contribution in [0.4, 0.5) is 11.5 Å². The van der Waals surface area contributed by atoms with Gasteiger partial charge in [0.1, 0.15) is 23.5 Å². The maximum atomic E-state index is 8.74. The highest BCUT2D eigenvalue weighted by molar-refractivity contribution is 6.13. The molecule has 0 radical (unpaired) electrons. The molecule has 1 aromatic carbocycles. The predicted octanol–water partition coefficient (Wildman–Crippen LogP) is 3.44. The van der Waals surface area contributed by atoms with Gasteiger partial charge in [0.05, 0.1) is 17.4 Å². The van der Waals surface area contributed by atoms with Crippen LogP contribution in [0.5, 0.6) is 5.75 Å². The first kappa shape index (κ1) is 19.5. The van der Waals surface area contributed by atoms with Crippen LogP contribution in [0.2, 0.25) is 0 Å². The topological polar surface area (TPSA) is 106 Å². The van der Waals surface area contributed by atoms with E-state index in [0.717, 1.165) is 50.3 Å². The van der Waals surface area contributed by atoms with E-state index in [1.165, 1.54) is 6.33 Å². The lowest BCUT2D eigenvalue weighted by atomic mass is 10.0. The Morgan fingerprint density at radius 3 is 2.71 bits per heavy atom. The lowest BCUT2D eigenvalue weighted by Gasteiger charge is -2.32. The van der Waals surface area contributed by atoms with Gasteiger partial charge in [0.15, 0.2) is 0 Å². The Balaban J connectivity index is 1.32. The molecule has 0 spiro atoms. The van der Waals surface area contributed by atoms with Crippen molar-refractivity contribution < 1.29 is 4.74 Å². The van der Waals surface area contributed by atoms with Crippen LogP contribution in [0.3, 0.4) is 0 Å². The Bertz CT molecular complexity index is 1080. The van der Waals surface area contributed by atoms with Crippen molar-refractivity contribution in [3.63, 3.8) is 0 Å². The fraction of sp³-hybridized carbons (Fsp3) is 0.391. The van der Waals surface area contributed by atoms with E-state index in [9.17, 15) is 0 Å². The molecule has 8 heteroatoms. The summed E-state index contributed by atoms with van der Waals surface area (Å²) >= 11 is 0. The van der Waals surface area contributed by atoms with Gasteiger partial charge in [-0.1, -0.05) is 0 Å². The number of hydrogen-bond acceptors (Lipinski definition) is 7. The quantitative estimate of drug-likeness (QED) is 0.470. The van der Waals surface area contributed by atoms with Crippen molar-refractivity contribution in [2.24, 2.45) is 0 Å². The molecule has 8 nitrogen and oxygen atoms in total. The van der Waals surface area contributed by atoms with Crippen molar-refractivity contribution in [1.29, 1.82) is 5.41 Å². The molecule has 0 unspecified atom stereocenters. The van der Waals surface area contributed by atoms with E-state index < -0.39 is 0 Å². The average Bonchev–Trinajstić information content (AvgIpc) is 3.27. The number of aromatic nitrogens is 4. The van der Waals surface area contributed by atoms with Gasteiger partial charge >= 0.3 is 0 Å². The summed E-state index contributed by atoms with van der Waals surface area (Å²) in [6.07, 6.45) is 9.49. The summed E-state index contributed by atoms with van der Waals surface area (Å²) in [6.45, 7) is 3.87. The lowest BCUT2D eigenvalue weighted by molar-refractivity contribution is 0.200. The molecule has 1 aliphatic carbocycles. The first-order valence-corrected chi connectivity index (χ1v) is 10.7. The summed E-state index contributed by atoms with van der Waals surface area (Å²) in [5.41, 5.74) is 8.11. The molecule has 2 fully saturated rings. The van der Waals surface area contributed by atoms with Crippen molar-refractivity contribution in [2.75, 3.05) is 23.7 Å². The van der Waals surface area contributed by atoms with Gasteiger partial charge in [-0.15, -0.1) is 0 Å². The van der Waals surface area contributed by atoms with Gasteiger partial charge in [-0.3, -0.25) is 10.1 Å². The molecule has 2 aliphatic rings. The number of nitrogens with two attached hydrogens (primary N) is 1. The molecule has 3 heterocycles. The van der Waals surface area contributed by atoms with Crippen LogP contribution in [0.25, 0.3) is 0 Å². The smallest absolute Gasteiger partial charge is 0.132 e. The minimum absolute atomic E-state index is 0.0834. The van der Waals surface area contributed by atoms with Crippen molar-refractivity contribution in [3.8, 4) is 5.75 Å². The number of rotatable bonds is 6. The molecule has 1 aliphatic heterocycles. The van der Waals surface area contributed by atoms with Crippen LogP contribution >= 0.6 is 0 Å². The van der Waals surface area contributed by atoms with E-state index >= 15 is 0 Å². The van der Waals surface area contributed by atoms with Crippen LogP contribution in [-0.2, 0) is 0 Å². The number of benzene rings is 1. The van der Waals surface area contributed by atoms with E-state index in [0.29, 0.717) is 23.0 Å². The zero-order valence-electron chi connectivity index (χ0n) is 17.7. The second-order valence-electron chi connectivity index (χ2n) is 8.64. The van der Waals surface area contributed by atoms with E-state index in [2.05, 4.69) is 26.9 Å². The highest BCUT2D eigenvalue weighted by atomic mass is 16.5. The number of anilines is 2. The summed E-state index contributed by atoms with van der Waals surface area (Å²) in [4.78, 5) is 11.1. The summed E-state index contributed by atoms with van der Waals surface area (Å²) in [7, 11) is 0. The van der Waals surface area contributed by atoms with Crippen LogP contribution < -0.4 is 15.4 Å². The molecule has 0 atom stereocenters. The van der Waals surface area contributed by atoms with Crippen LogP contribution in [0, 0.1) is 5.41 Å². The third-order valence-corrected chi connectivity index (χ3v) is 6.21. The highest BCUT2D eigenvalue weighted by Crippen LogP contribution is 2.40. The SMILES string of the molecule is CC1(Oc2ccc(N)c(C(=N)c3cc(N4CCC(n5cccn5)CC4)ncn3)c2)CC1. The number of ether oxygens (including phenoxy) is 1. The number of nitrogen functional groups attached to an aromatic ring is 1. The first-order chi connectivity index (χ1) is 15.0. The molecule has 5 rings (SSSR count). The second kappa shape index (κ2) is 7.68. The first-order valence-electron chi connectivity index (χ1n) is 10.7. The minimum atomic E-state index is -0.0834. The van der Waals surface area contributed by atoms with Crippen molar-refractivity contribution in [3.05, 3.63) is 60.3 Å². The Hall–Kier alpha value is -3.42. The summed E-state index contributed by atoms with van der Waals surface area (Å²) in [6, 6.07) is 9.77. The largest absolute Gasteiger partial charge is 0.488 e. The van der Waals surface area contributed by atoms with Crippen molar-refractivity contribution >= 4 is 17.2 Å². The molecule has 2 aromatic heterocycles. The summed E-state index contributed by atoms with van der Waals surface area (Å²) in [5.74, 6) is 1.58. The third kappa shape index (κ3) is 4.10. The zero-order chi connectivity index (χ0) is 21.4. The molecule has 0 bridgehead atoms. The molecule has 31 heavy (non-hydrogen) atoms. The number of nitrogens with zero attached hydrogens (tertiary/aromatic N) is 5. The third-order valence-electron chi connectivity index (χ3n) is 6.21. The number of nitrogens with one attached hydrogen (secondary N) is 1. The van der Waals surface area contributed by atoms with Crippen LogP contribution in [-0.4, -0.2) is 44.2 Å². The highest BCUT2D eigenvalue weighted by Gasteiger charge is 2.40. The molecule has 3 N–H and O–H groups in total. The number of hydrogen-bond donors (Lipinski definition) is 2. The average molecular weight is 418 g/mol. The minimum Gasteiger partial charge on any atom is -0.488 e. The number of piperidine rings is 1.